The molecular formula is C20H18N4O2. The number of H-pyrrole nitrogens is 2. The van der Waals surface area contributed by atoms with Crippen LogP contribution in [0.2, 0.25) is 0 Å². The van der Waals surface area contributed by atoms with Crippen molar-refractivity contribution < 1.29 is 0 Å². The highest BCUT2D eigenvalue weighted by Gasteiger charge is 2.22. The molecule has 0 aliphatic rings. The van der Waals surface area contributed by atoms with E-state index in [4.69, 9.17) is 0 Å². The van der Waals surface area contributed by atoms with Crippen LogP contribution in [-0.2, 0) is 0 Å². The first-order valence-corrected chi connectivity index (χ1v) is 8.52. The van der Waals surface area contributed by atoms with E-state index in [9.17, 15) is 9.59 Å². The van der Waals surface area contributed by atoms with Crippen LogP contribution in [0.5, 0.6) is 0 Å². The van der Waals surface area contributed by atoms with Crippen molar-refractivity contribution in [1.82, 2.24) is 19.9 Å². The van der Waals surface area contributed by atoms with Gasteiger partial charge in [0.05, 0.1) is 21.8 Å². The van der Waals surface area contributed by atoms with E-state index in [0.29, 0.717) is 33.5 Å². The van der Waals surface area contributed by atoms with Crippen LogP contribution < -0.4 is 11.1 Å². The van der Waals surface area contributed by atoms with Crippen LogP contribution in [0, 0.1) is 0 Å². The van der Waals surface area contributed by atoms with E-state index in [1.807, 2.05) is 50.2 Å². The van der Waals surface area contributed by atoms with Crippen LogP contribution in [0.15, 0.2) is 58.1 Å². The van der Waals surface area contributed by atoms with Gasteiger partial charge in [0, 0.05) is 11.8 Å². The number of hydrogen-bond acceptors (Lipinski definition) is 4. The van der Waals surface area contributed by atoms with Gasteiger partial charge >= 0.3 is 0 Å². The first-order valence-electron chi connectivity index (χ1n) is 8.52. The molecule has 0 bridgehead atoms. The molecule has 0 aliphatic carbocycles. The molecule has 0 saturated heterocycles. The van der Waals surface area contributed by atoms with Crippen LogP contribution in [0.25, 0.3) is 21.8 Å². The van der Waals surface area contributed by atoms with Crippen molar-refractivity contribution in [3.05, 3.63) is 80.9 Å². The van der Waals surface area contributed by atoms with Crippen molar-refractivity contribution >= 4 is 21.8 Å². The number of nitrogens with zero attached hydrogens (tertiary/aromatic N) is 2. The lowest BCUT2D eigenvalue weighted by atomic mass is 9.94. The molecule has 6 nitrogen and oxygen atoms in total. The third-order valence-corrected chi connectivity index (χ3v) is 4.87. The van der Waals surface area contributed by atoms with Gasteiger partial charge in [-0.25, -0.2) is 9.97 Å². The summed E-state index contributed by atoms with van der Waals surface area (Å²) in [6.45, 7) is 3.93. The minimum absolute atomic E-state index is 0.128. The average molecular weight is 346 g/mol. The van der Waals surface area contributed by atoms with E-state index >= 15 is 0 Å². The Morgan fingerprint density at radius 3 is 1.50 bits per heavy atom. The molecular weight excluding hydrogens is 328 g/mol. The molecule has 0 saturated carbocycles. The summed E-state index contributed by atoms with van der Waals surface area (Å²) < 4.78 is 0. The van der Waals surface area contributed by atoms with Crippen LogP contribution in [0.1, 0.15) is 37.3 Å². The Morgan fingerprint density at radius 2 is 1.08 bits per heavy atom. The standard InChI is InChI=1S/C20H18N4O2/c1-11(17-21-15-9-5-3-7-13(15)19(25)23-17)12(2)18-22-16-10-6-4-8-14(16)20(26)24-18/h3-12H,1-2H3,(H,21,23,25)(H,22,24,26). The maximum absolute atomic E-state index is 12.3. The fourth-order valence-electron chi connectivity index (χ4n) is 3.11. The van der Waals surface area contributed by atoms with Gasteiger partial charge in [-0.1, -0.05) is 38.1 Å². The van der Waals surface area contributed by atoms with Gasteiger partial charge in [0.25, 0.3) is 11.1 Å². The Morgan fingerprint density at radius 1 is 0.692 bits per heavy atom. The quantitative estimate of drug-likeness (QED) is 0.596. The maximum Gasteiger partial charge on any atom is 0.258 e. The van der Waals surface area contributed by atoms with E-state index in [0.717, 1.165) is 0 Å². The Labute approximate surface area is 149 Å². The van der Waals surface area contributed by atoms with Crippen molar-refractivity contribution in [3.8, 4) is 0 Å². The zero-order chi connectivity index (χ0) is 18.3. The molecule has 6 heteroatoms. The van der Waals surface area contributed by atoms with Gasteiger partial charge in [0.1, 0.15) is 11.6 Å². The Balaban J connectivity index is 1.78. The lowest BCUT2D eigenvalue weighted by molar-refractivity contribution is 0.562. The number of nitrogens with one attached hydrogen (secondary N) is 2. The lowest BCUT2D eigenvalue weighted by Gasteiger charge is -2.19. The highest BCUT2D eigenvalue weighted by molar-refractivity contribution is 5.78. The van der Waals surface area contributed by atoms with Crippen LogP contribution in [-0.4, -0.2) is 19.9 Å². The monoisotopic (exact) mass is 346 g/mol. The molecule has 0 aliphatic heterocycles. The summed E-state index contributed by atoms with van der Waals surface area (Å²) >= 11 is 0. The van der Waals surface area contributed by atoms with Gasteiger partial charge in [-0.2, -0.15) is 0 Å². The van der Waals surface area contributed by atoms with Crippen LogP contribution >= 0.6 is 0 Å². The topological polar surface area (TPSA) is 91.5 Å². The Kier molecular flexibility index (Phi) is 3.88. The van der Waals surface area contributed by atoms with Crippen LogP contribution in [0.3, 0.4) is 0 Å². The zero-order valence-electron chi connectivity index (χ0n) is 14.5. The highest BCUT2D eigenvalue weighted by Crippen LogP contribution is 2.28. The molecule has 4 aromatic rings. The minimum atomic E-state index is -0.162. The zero-order valence-corrected chi connectivity index (χ0v) is 14.5. The largest absolute Gasteiger partial charge is 0.310 e. The van der Waals surface area contributed by atoms with Gasteiger partial charge in [0.2, 0.25) is 0 Å². The maximum atomic E-state index is 12.3. The first-order chi connectivity index (χ1) is 12.5. The van der Waals surface area contributed by atoms with E-state index in [1.54, 1.807) is 12.1 Å². The molecule has 2 aromatic heterocycles. The molecule has 0 spiro atoms. The SMILES string of the molecule is CC(c1nc2ccccc2c(=O)[nH]1)C(C)c1nc2ccccc2c(=O)[nH]1. The first kappa shape index (κ1) is 16.2. The normalized spacial score (nSPS) is 13.8. The van der Waals surface area contributed by atoms with Crippen molar-refractivity contribution in [1.29, 1.82) is 0 Å². The van der Waals surface area contributed by atoms with Gasteiger partial charge < -0.3 is 9.97 Å². The lowest BCUT2D eigenvalue weighted by Crippen LogP contribution is -2.20. The van der Waals surface area contributed by atoms with Crippen molar-refractivity contribution in [2.75, 3.05) is 0 Å². The molecule has 0 radical (unpaired) electrons. The van der Waals surface area contributed by atoms with Crippen LogP contribution in [0.4, 0.5) is 0 Å². The number of para-hydroxylation sites is 2. The van der Waals surface area contributed by atoms with Gasteiger partial charge in [-0.05, 0) is 24.3 Å². The van der Waals surface area contributed by atoms with Crippen molar-refractivity contribution in [2.24, 2.45) is 0 Å². The van der Waals surface area contributed by atoms with Gasteiger partial charge in [0.15, 0.2) is 0 Å². The second-order valence-corrected chi connectivity index (χ2v) is 6.51. The predicted octanol–water partition coefficient (Wildman–Crippen LogP) is 3.07. The predicted molar refractivity (Wildman–Crippen MR) is 102 cm³/mol. The molecule has 2 N–H and O–H groups in total. The number of rotatable bonds is 3. The fourth-order valence-corrected chi connectivity index (χ4v) is 3.11. The third-order valence-electron chi connectivity index (χ3n) is 4.87. The molecule has 26 heavy (non-hydrogen) atoms. The smallest absolute Gasteiger partial charge is 0.258 e. The van der Waals surface area contributed by atoms with E-state index in [1.165, 1.54) is 0 Å². The molecule has 0 amide bonds. The number of aromatic amines is 2. The van der Waals surface area contributed by atoms with E-state index < -0.39 is 0 Å². The fraction of sp³-hybridized carbons (Fsp3) is 0.200. The van der Waals surface area contributed by atoms with Gasteiger partial charge in [-0.15, -0.1) is 0 Å². The number of hydrogen-bond donors (Lipinski definition) is 2. The average Bonchev–Trinajstić information content (AvgIpc) is 2.66. The van der Waals surface area contributed by atoms with E-state index in [-0.39, 0.29) is 23.0 Å². The van der Waals surface area contributed by atoms with Crippen molar-refractivity contribution in [2.45, 2.75) is 25.7 Å². The number of aromatic nitrogens is 4. The summed E-state index contributed by atoms with van der Waals surface area (Å²) in [5.74, 6) is 0.905. The number of fused-ring (bicyclic) bond motifs is 2. The molecule has 2 atom stereocenters. The van der Waals surface area contributed by atoms with Gasteiger partial charge in [-0.3, -0.25) is 9.59 Å². The summed E-state index contributed by atoms with van der Waals surface area (Å²) in [7, 11) is 0. The van der Waals surface area contributed by atoms with Crippen molar-refractivity contribution in [3.63, 3.8) is 0 Å². The molecule has 4 rings (SSSR count). The summed E-state index contributed by atoms with van der Waals surface area (Å²) in [5, 5.41) is 1.13. The molecule has 2 unspecified atom stereocenters. The molecule has 2 heterocycles. The summed E-state index contributed by atoms with van der Waals surface area (Å²) in [5.41, 5.74) is 0.991. The summed E-state index contributed by atoms with van der Waals surface area (Å²) in [6, 6.07) is 14.5. The van der Waals surface area contributed by atoms with E-state index in [2.05, 4.69) is 19.9 Å². The Hall–Kier alpha value is -3.28. The summed E-state index contributed by atoms with van der Waals surface area (Å²) in [4.78, 5) is 39.6. The minimum Gasteiger partial charge on any atom is -0.310 e. The third kappa shape index (κ3) is 2.69. The Bertz CT molecular complexity index is 1130. The summed E-state index contributed by atoms with van der Waals surface area (Å²) in [6.07, 6.45) is 0. The molecule has 0 fully saturated rings. The molecule has 130 valence electrons. The number of benzene rings is 2. The second kappa shape index (κ2) is 6.22. The highest BCUT2D eigenvalue weighted by atomic mass is 16.1. The molecule has 2 aromatic carbocycles. The second-order valence-electron chi connectivity index (χ2n) is 6.51.